The van der Waals surface area contributed by atoms with Crippen molar-refractivity contribution in [3.05, 3.63) is 53.5 Å². The summed E-state index contributed by atoms with van der Waals surface area (Å²) in [5.41, 5.74) is 2.12. The van der Waals surface area contributed by atoms with Gasteiger partial charge in [0.1, 0.15) is 12.4 Å². The molecule has 132 valence electrons. The van der Waals surface area contributed by atoms with Gasteiger partial charge in [0.15, 0.2) is 0 Å². The van der Waals surface area contributed by atoms with E-state index in [1.807, 2.05) is 6.92 Å². The molecule has 1 aromatic carbocycles. The number of methoxy groups -OCH3 is 1. The average Bonchev–Trinajstić information content (AvgIpc) is 2.62. The molecule has 0 radical (unpaired) electrons. The summed E-state index contributed by atoms with van der Waals surface area (Å²) < 4.78 is 23.9. The van der Waals surface area contributed by atoms with Crippen LogP contribution in [0.3, 0.4) is 0 Å². The lowest BCUT2D eigenvalue weighted by Crippen LogP contribution is -2.42. The molecule has 6 heteroatoms. The summed E-state index contributed by atoms with van der Waals surface area (Å²) in [6, 6.07) is 7.90. The molecule has 0 N–H and O–H groups in total. The number of hydrogen-bond donors (Lipinski definition) is 0. The van der Waals surface area contributed by atoms with Gasteiger partial charge in [-0.2, -0.15) is 0 Å². The molecule has 1 aromatic heterocycles. The summed E-state index contributed by atoms with van der Waals surface area (Å²) >= 11 is 0. The maximum atomic E-state index is 13.5. The Hall–Kier alpha value is -2.47. The van der Waals surface area contributed by atoms with E-state index in [1.165, 1.54) is 12.1 Å². The van der Waals surface area contributed by atoms with Crippen molar-refractivity contribution < 1.29 is 18.7 Å². The van der Waals surface area contributed by atoms with Gasteiger partial charge in [0.2, 0.25) is 5.88 Å². The van der Waals surface area contributed by atoms with Gasteiger partial charge in [-0.3, -0.25) is 4.79 Å². The second-order valence-corrected chi connectivity index (χ2v) is 6.06. The molecule has 1 atom stereocenters. The summed E-state index contributed by atoms with van der Waals surface area (Å²) in [6.07, 6.45) is 3.11. The second-order valence-electron chi connectivity index (χ2n) is 6.06. The number of pyridine rings is 1. The quantitative estimate of drug-likeness (QED) is 0.782. The standard InChI is InChI=1S/C19H21FN2O3/c1-13-3-4-14-11-16(20)5-6-17(14)22(13)19(23)15-7-8-21-18(12-15)25-10-9-24-2/h5-8,11-13H,3-4,9-10H2,1-2H3. The third kappa shape index (κ3) is 3.79. The van der Waals surface area contributed by atoms with E-state index in [0.717, 1.165) is 24.1 Å². The molecule has 1 aliphatic heterocycles. The van der Waals surface area contributed by atoms with Crippen molar-refractivity contribution in [1.82, 2.24) is 4.98 Å². The number of amides is 1. The minimum Gasteiger partial charge on any atom is -0.475 e. The molecule has 0 bridgehead atoms. The Kier molecular flexibility index (Phi) is 5.28. The van der Waals surface area contributed by atoms with E-state index in [0.29, 0.717) is 24.7 Å². The van der Waals surface area contributed by atoms with Gasteiger partial charge >= 0.3 is 0 Å². The number of ether oxygens (including phenoxy) is 2. The molecule has 2 heterocycles. The molecular weight excluding hydrogens is 323 g/mol. The van der Waals surface area contributed by atoms with Crippen molar-refractivity contribution in [2.75, 3.05) is 25.2 Å². The summed E-state index contributed by atoms with van der Waals surface area (Å²) in [5.74, 6) is -0.0376. The zero-order valence-electron chi connectivity index (χ0n) is 14.4. The molecule has 25 heavy (non-hydrogen) atoms. The fourth-order valence-electron chi connectivity index (χ4n) is 3.02. The number of hydrogen-bond acceptors (Lipinski definition) is 4. The molecular formula is C19H21FN2O3. The van der Waals surface area contributed by atoms with E-state index in [4.69, 9.17) is 9.47 Å². The highest BCUT2D eigenvalue weighted by molar-refractivity contribution is 6.07. The first-order chi connectivity index (χ1) is 12.1. The van der Waals surface area contributed by atoms with Gasteiger partial charge in [-0.15, -0.1) is 0 Å². The van der Waals surface area contributed by atoms with Crippen LogP contribution in [-0.4, -0.2) is 37.3 Å². The number of carbonyl (C=O) groups is 1. The normalized spacial score (nSPS) is 16.4. The van der Waals surface area contributed by atoms with Crippen molar-refractivity contribution in [2.24, 2.45) is 0 Å². The van der Waals surface area contributed by atoms with Crippen LogP contribution in [0.25, 0.3) is 0 Å². The first-order valence-electron chi connectivity index (χ1n) is 8.30. The Bertz CT molecular complexity index is 766. The van der Waals surface area contributed by atoms with E-state index >= 15 is 0 Å². The fraction of sp³-hybridized carbons (Fsp3) is 0.368. The van der Waals surface area contributed by atoms with E-state index in [2.05, 4.69) is 4.98 Å². The van der Waals surface area contributed by atoms with Crippen LogP contribution in [0.4, 0.5) is 10.1 Å². The molecule has 0 spiro atoms. The van der Waals surface area contributed by atoms with Crippen molar-refractivity contribution in [3.8, 4) is 5.88 Å². The van der Waals surface area contributed by atoms with Crippen LogP contribution in [-0.2, 0) is 11.2 Å². The number of fused-ring (bicyclic) bond motifs is 1. The largest absolute Gasteiger partial charge is 0.475 e. The lowest BCUT2D eigenvalue weighted by molar-refractivity contribution is 0.0974. The molecule has 0 aliphatic carbocycles. The summed E-state index contributed by atoms with van der Waals surface area (Å²) in [4.78, 5) is 18.9. The smallest absolute Gasteiger partial charge is 0.258 e. The third-order valence-electron chi connectivity index (χ3n) is 4.31. The second kappa shape index (κ2) is 7.61. The first kappa shape index (κ1) is 17.4. The van der Waals surface area contributed by atoms with Crippen LogP contribution in [0.15, 0.2) is 36.5 Å². The van der Waals surface area contributed by atoms with Crippen LogP contribution in [0, 0.1) is 5.82 Å². The van der Waals surface area contributed by atoms with Gasteiger partial charge in [-0.25, -0.2) is 9.37 Å². The molecule has 5 nitrogen and oxygen atoms in total. The summed E-state index contributed by atoms with van der Waals surface area (Å²) in [6.45, 7) is 2.81. The number of aromatic nitrogens is 1. The molecule has 1 unspecified atom stereocenters. The molecule has 2 aromatic rings. The molecule has 1 amide bonds. The van der Waals surface area contributed by atoms with Gasteiger partial charge in [-0.05, 0) is 49.6 Å². The van der Waals surface area contributed by atoms with Crippen LogP contribution < -0.4 is 9.64 Å². The van der Waals surface area contributed by atoms with E-state index in [9.17, 15) is 9.18 Å². The predicted molar refractivity (Wildman–Crippen MR) is 92.6 cm³/mol. The third-order valence-corrected chi connectivity index (χ3v) is 4.31. The number of rotatable bonds is 5. The SMILES string of the molecule is COCCOc1cc(C(=O)N2c3ccc(F)cc3CCC2C)ccn1. The van der Waals surface area contributed by atoms with Crippen molar-refractivity contribution in [3.63, 3.8) is 0 Å². The summed E-state index contributed by atoms with van der Waals surface area (Å²) in [5, 5.41) is 0. The lowest BCUT2D eigenvalue weighted by Gasteiger charge is -2.35. The zero-order valence-corrected chi connectivity index (χ0v) is 14.4. The van der Waals surface area contributed by atoms with Gasteiger partial charge < -0.3 is 14.4 Å². The maximum absolute atomic E-state index is 13.5. The molecule has 0 saturated carbocycles. The zero-order chi connectivity index (χ0) is 17.8. The van der Waals surface area contributed by atoms with E-state index < -0.39 is 0 Å². The van der Waals surface area contributed by atoms with Gasteiger partial charge in [-0.1, -0.05) is 0 Å². The first-order valence-corrected chi connectivity index (χ1v) is 8.30. The Morgan fingerprint density at radius 1 is 1.32 bits per heavy atom. The van der Waals surface area contributed by atoms with Crippen molar-refractivity contribution >= 4 is 11.6 Å². The lowest BCUT2D eigenvalue weighted by atomic mass is 9.95. The number of halogens is 1. The number of aryl methyl sites for hydroxylation is 1. The van der Waals surface area contributed by atoms with E-state index in [-0.39, 0.29) is 17.8 Å². The van der Waals surface area contributed by atoms with Crippen LogP contribution >= 0.6 is 0 Å². The Morgan fingerprint density at radius 2 is 2.16 bits per heavy atom. The van der Waals surface area contributed by atoms with Crippen molar-refractivity contribution in [1.29, 1.82) is 0 Å². The Balaban J connectivity index is 1.87. The van der Waals surface area contributed by atoms with E-state index in [1.54, 1.807) is 36.4 Å². The fourth-order valence-corrected chi connectivity index (χ4v) is 3.02. The van der Waals surface area contributed by atoms with Gasteiger partial charge in [0.25, 0.3) is 5.91 Å². The Labute approximate surface area is 146 Å². The highest BCUT2D eigenvalue weighted by Gasteiger charge is 2.29. The number of anilines is 1. The number of carbonyl (C=O) groups excluding carboxylic acids is 1. The maximum Gasteiger partial charge on any atom is 0.258 e. The highest BCUT2D eigenvalue weighted by atomic mass is 19.1. The number of benzene rings is 1. The number of nitrogens with zero attached hydrogens (tertiary/aromatic N) is 2. The highest BCUT2D eigenvalue weighted by Crippen LogP contribution is 2.32. The monoisotopic (exact) mass is 344 g/mol. The topological polar surface area (TPSA) is 51.7 Å². The van der Waals surface area contributed by atoms with Gasteiger partial charge in [0, 0.05) is 36.7 Å². The van der Waals surface area contributed by atoms with Gasteiger partial charge in [0.05, 0.1) is 6.61 Å². The predicted octanol–water partition coefficient (Wildman–Crippen LogP) is 3.23. The Morgan fingerprint density at radius 3 is 2.96 bits per heavy atom. The molecule has 0 saturated heterocycles. The van der Waals surface area contributed by atoms with Crippen LogP contribution in [0.5, 0.6) is 5.88 Å². The molecule has 1 aliphatic rings. The van der Waals surface area contributed by atoms with Crippen LogP contribution in [0.1, 0.15) is 29.3 Å². The minimum absolute atomic E-state index is 0.0384. The summed E-state index contributed by atoms with van der Waals surface area (Å²) in [7, 11) is 1.59. The molecule has 3 rings (SSSR count). The van der Waals surface area contributed by atoms with Crippen LogP contribution in [0.2, 0.25) is 0 Å². The minimum atomic E-state index is -0.279. The average molecular weight is 344 g/mol. The van der Waals surface area contributed by atoms with Crippen molar-refractivity contribution in [2.45, 2.75) is 25.8 Å². The molecule has 0 fully saturated rings.